The second kappa shape index (κ2) is 13.0. The molecule has 0 radical (unpaired) electrons. The number of carboxylic acid groups (broad SMARTS) is 1. The number of aromatic nitrogens is 2. The van der Waals surface area contributed by atoms with E-state index in [1.165, 1.54) is 34.8 Å². The molecule has 0 saturated carbocycles. The lowest BCUT2D eigenvalue weighted by Crippen LogP contribution is -2.60. The normalized spacial score (nSPS) is 18.2. The number of thiophene rings is 1. The molecule has 0 bridgehead atoms. The molecule has 12 nitrogen and oxygen atoms in total. The molecule has 0 aromatic carbocycles. The molecule has 36 heavy (non-hydrogen) atoms. The van der Waals surface area contributed by atoms with Gasteiger partial charge in [0, 0.05) is 42.0 Å². The zero-order valence-corrected chi connectivity index (χ0v) is 20.8. The van der Waals surface area contributed by atoms with Crippen LogP contribution in [0.4, 0.5) is 0 Å². The van der Waals surface area contributed by atoms with Crippen molar-refractivity contribution in [3.63, 3.8) is 0 Å². The van der Waals surface area contributed by atoms with Crippen LogP contribution in [0.2, 0.25) is 0 Å². The Morgan fingerprint density at radius 1 is 1.25 bits per heavy atom. The van der Waals surface area contributed by atoms with Crippen LogP contribution < -0.4 is 21.5 Å². The lowest BCUT2D eigenvalue weighted by molar-refractivity contribution is -0.301. The van der Waals surface area contributed by atoms with Crippen molar-refractivity contribution in [1.29, 1.82) is 0 Å². The van der Waals surface area contributed by atoms with Gasteiger partial charge < -0.3 is 31.2 Å². The largest absolute Gasteiger partial charge is 0.549 e. The van der Waals surface area contributed by atoms with E-state index in [0.717, 1.165) is 16.6 Å². The highest BCUT2D eigenvalue weighted by molar-refractivity contribution is 8.00. The molecule has 2 aromatic heterocycles. The van der Waals surface area contributed by atoms with Crippen LogP contribution in [0.5, 0.6) is 0 Å². The molecule has 4 N–H and O–H groups in total. The van der Waals surface area contributed by atoms with Gasteiger partial charge in [-0.05, 0) is 24.3 Å². The SMILES string of the molecule is NC(=O)[C@H](Cc1cccs1)NC(=O)[C@@H]1C[C@@H](NC(=O)c2cnccn2)CCN1C(=O)CSCC(=O)[O-]. The van der Waals surface area contributed by atoms with Crippen LogP contribution in [0.1, 0.15) is 28.2 Å². The molecule has 2 aromatic rings. The van der Waals surface area contributed by atoms with Crippen LogP contribution in [-0.4, -0.2) is 80.6 Å². The van der Waals surface area contributed by atoms with E-state index in [0.29, 0.717) is 6.42 Å². The lowest BCUT2D eigenvalue weighted by atomic mass is 9.95. The van der Waals surface area contributed by atoms with Gasteiger partial charge >= 0.3 is 0 Å². The summed E-state index contributed by atoms with van der Waals surface area (Å²) >= 11 is 2.28. The standard InChI is InChI=1S/C22H26N6O6S2/c23-20(32)15(9-14-2-1-7-36-14)27-22(34)17-8-13(26-21(33)16-10-24-4-5-25-16)3-6-28(17)18(29)11-35-12-19(30)31/h1-2,4-5,7,10,13,15,17H,3,6,8-9,11-12H2,(H2,23,32)(H,26,33)(H,27,34)(H,30,31)/p-1/t13-,15-,17-/m0/s1. The average Bonchev–Trinajstić information content (AvgIpc) is 3.37. The molecule has 1 aliphatic heterocycles. The minimum absolute atomic E-state index is 0.0826. The van der Waals surface area contributed by atoms with Gasteiger partial charge in [-0.1, -0.05) is 6.07 Å². The molecule has 192 valence electrons. The molecule has 4 amide bonds. The van der Waals surface area contributed by atoms with Crippen LogP contribution in [0.3, 0.4) is 0 Å². The summed E-state index contributed by atoms with van der Waals surface area (Å²) in [4.78, 5) is 71.4. The van der Waals surface area contributed by atoms with Crippen molar-refractivity contribution in [3.8, 4) is 0 Å². The lowest BCUT2D eigenvalue weighted by Gasteiger charge is -2.39. The number of rotatable bonds is 11. The van der Waals surface area contributed by atoms with Crippen molar-refractivity contribution < 1.29 is 29.1 Å². The Bertz CT molecular complexity index is 1080. The number of likely N-dealkylation sites (tertiary alicyclic amines) is 1. The van der Waals surface area contributed by atoms with Crippen molar-refractivity contribution in [2.24, 2.45) is 5.73 Å². The maximum absolute atomic E-state index is 13.3. The molecular formula is C22H25N6O6S2-. The van der Waals surface area contributed by atoms with Gasteiger partial charge in [0.15, 0.2) is 0 Å². The van der Waals surface area contributed by atoms with Gasteiger partial charge in [0.25, 0.3) is 5.91 Å². The Hall–Kier alpha value is -3.52. The molecule has 1 fully saturated rings. The topological polar surface area (TPSA) is 188 Å². The number of piperidine rings is 1. The number of nitrogens with two attached hydrogens (primary N) is 1. The van der Waals surface area contributed by atoms with E-state index in [2.05, 4.69) is 20.6 Å². The van der Waals surface area contributed by atoms with Crippen LogP contribution in [-0.2, 0) is 25.6 Å². The van der Waals surface area contributed by atoms with Crippen LogP contribution in [0.25, 0.3) is 0 Å². The summed E-state index contributed by atoms with van der Waals surface area (Å²) < 4.78 is 0. The van der Waals surface area contributed by atoms with Gasteiger partial charge in [0.05, 0.1) is 17.9 Å². The molecule has 3 rings (SSSR count). The molecule has 1 saturated heterocycles. The van der Waals surface area contributed by atoms with Crippen LogP contribution in [0, 0.1) is 0 Å². The van der Waals surface area contributed by atoms with Gasteiger partial charge in [-0.25, -0.2) is 4.98 Å². The number of hydrogen-bond donors (Lipinski definition) is 3. The fourth-order valence-electron chi connectivity index (χ4n) is 3.74. The summed E-state index contributed by atoms with van der Waals surface area (Å²) in [6, 6.07) is 1.17. The first-order valence-corrected chi connectivity index (χ1v) is 13.0. The first-order chi connectivity index (χ1) is 17.2. The summed E-state index contributed by atoms with van der Waals surface area (Å²) in [5.74, 6) is -4.04. The second-order valence-corrected chi connectivity index (χ2v) is 10.0. The monoisotopic (exact) mass is 533 g/mol. The minimum atomic E-state index is -1.30. The number of nitrogens with one attached hydrogen (secondary N) is 2. The first-order valence-electron chi connectivity index (χ1n) is 11.0. The molecule has 1 aliphatic rings. The number of carbonyl (C=O) groups excluding carboxylic acids is 5. The maximum atomic E-state index is 13.3. The number of amides is 4. The van der Waals surface area contributed by atoms with Crippen molar-refractivity contribution in [3.05, 3.63) is 46.7 Å². The van der Waals surface area contributed by atoms with Crippen LogP contribution in [0.15, 0.2) is 36.1 Å². The summed E-state index contributed by atoms with van der Waals surface area (Å²) in [7, 11) is 0. The number of carbonyl (C=O) groups is 5. The summed E-state index contributed by atoms with van der Waals surface area (Å²) in [5, 5.41) is 18.0. The maximum Gasteiger partial charge on any atom is 0.271 e. The first kappa shape index (κ1) is 27.1. The minimum Gasteiger partial charge on any atom is -0.549 e. The van der Waals surface area contributed by atoms with E-state index in [1.54, 1.807) is 0 Å². The number of aliphatic carboxylic acids is 1. The predicted octanol–water partition coefficient (Wildman–Crippen LogP) is -1.68. The van der Waals surface area contributed by atoms with Gasteiger partial charge in [0.1, 0.15) is 17.8 Å². The van der Waals surface area contributed by atoms with Crippen molar-refractivity contribution in [1.82, 2.24) is 25.5 Å². The van der Waals surface area contributed by atoms with E-state index in [9.17, 15) is 29.1 Å². The van der Waals surface area contributed by atoms with Gasteiger partial charge in [-0.15, -0.1) is 23.1 Å². The summed E-state index contributed by atoms with van der Waals surface area (Å²) in [6.07, 6.45) is 4.78. The summed E-state index contributed by atoms with van der Waals surface area (Å²) in [5.41, 5.74) is 5.62. The van der Waals surface area contributed by atoms with Crippen LogP contribution >= 0.6 is 23.1 Å². The molecule has 3 heterocycles. The Morgan fingerprint density at radius 2 is 2.06 bits per heavy atom. The quantitative estimate of drug-likeness (QED) is 0.303. The van der Waals surface area contributed by atoms with Gasteiger partial charge in [0.2, 0.25) is 17.7 Å². The fraction of sp³-hybridized carbons (Fsp3) is 0.409. The number of hydrogen-bond acceptors (Lipinski definition) is 10. The molecule has 3 atom stereocenters. The fourth-order valence-corrected chi connectivity index (χ4v) is 5.11. The second-order valence-electron chi connectivity index (χ2n) is 8.00. The number of primary amides is 1. The zero-order valence-electron chi connectivity index (χ0n) is 19.1. The molecular weight excluding hydrogens is 508 g/mol. The van der Waals surface area contributed by atoms with E-state index < -0.39 is 47.7 Å². The number of nitrogens with zero attached hydrogens (tertiary/aromatic N) is 3. The highest BCUT2D eigenvalue weighted by atomic mass is 32.2. The Kier molecular flexibility index (Phi) is 9.76. The smallest absolute Gasteiger partial charge is 0.271 e. The van der Waals surface area contributed by atoms with Gasteiger partial charge in [-0.3, -0.25) is 24.2 Å². The number of carboxylic acids is 1. The number of thioether (sulfide) groups is 1. The van der Waals surface area contributed by atoms with E-state index in [1.807, 2.05) is 17.5 Å². The highest BCUT2D eigenvalue weighted by Crippen LogP contribution is 2.21. The average molecular weight is 534 g/mol. The Labute approximate surface area is 215 Å². The van der Waals surface area contributed by atoms with E-state index in [4.69, 9.17) is 5.73 Å². The zero-order chi connectivity index (χ0) is 26.1. The molecule has 0 aliphatic carbocycles. The molecule has 14 heteroatoms. The molecule has 0 spiro atoms. The third kappa shape index (κ3) is 7.75. The van der Waals surface area contributed by atoms with Crippen molar-refractivity contribution in [2.75, 3.05) is 18.1 Å². The van der Waals surface area contributed by atoms with Gasteiger partial charge in [-0.2, -0.15) is 0 Å². The highest BCUT2D eigenvalue weighted by Gasteiger charge is 2.38. The third-order valence-corrected chi connectivity index (χ3v) is 7.24. The predicted molar refractivity (Wildman–Crippen MR) is 130 cm³/mol. The molecule has 0 unspecified atom stereocenters. The van der Waals surface area contributed by atoms with E-state index in [-0.39, 0.29) is 36.6 Å². The third-order valence-electron chi connectivity index (χ3n) is 5.45. The summed E-state index contributed by atoms with van der Waals surface area (Å²) in [6.45, 7) is 0.139. The van der Waals surface area contributed by atoms with E-state index >= 15 is 0 Å². The van der Waals surface area contributed by atoms with Crippen molar-refractivity contribution >= 4 is 52.7 Å². The Morgan fingerprint density at radius 3 is 2.69 bits per heavy atom. The van der Waals surface area contributed by atoms with Crippen molar-refractivity contribution in [2.45, 2.75) is 37.4 Å². The Balaban J connectivity index is 1.72.